The summed E-state index contributed by atoms with van der Waals surface area (Å²) in [6.45, 7) is 0. The van der Waals surface area contributed by atoms with Gasteiger partial charge in [0.15, 0.2) is 17.3 Å². The number of fused-ring (bicyclic) bond motifs is 1. The molecule has 3 aromatic rings. The normalized spacial score (nSPS) is 11.2. The van der Waals surface area contributed by atoms with Crippen molar-refractivity contribution in [1.29, 1.82) is 0 Å². The van der Waals surface area contributed by atoms with Gasteiger partial charge in [0, 0.05) is 13.5 Å². The molecule has 0 atom stereocenters. The van der Waals surface area contributed by atoms with Crippen LogP contribution in [-0.4, -0.2) is 19.5 Å². The third-order valence-electron chi connectivity index (χ3n) is 3.16. The maximum absolute atomic E-state index is 13.2. The Morgan fingerprint density at radius 2 is 1.95 bits per heavy atom. The summed E-state index contributed by atoms with van der Waals surface area (Å²) in [5, 5.41) is 0. The van der Waals surface area contributed by atoms with Crippen LogP contribution in [0.2, 0.25) is 0 Å². The maximum atomic E-state index is 13.2. The molecule has 0 radical (unpaired) electrons. The van der Waals surface area contributed by atoms with Gasteiger partial charge in [-0.05, 0) is 17.7 Å². The average molecular weight is 292 g/mol. The fourth-order valence-corrected chi connectivity index (χ4v) is 2.08. The number of H-pyrrole nitrogens is 2. The number of hydrogen-bond donors (Lipinski definition) is 2. The number of aromatic amines is 2. The lowest BCUT2D eigenvalue weighted by Crippen LogP contribution is -2.28. The lowest BCUT2D eigenvalue weighted by molar-refractivity contribution is 0.507. The zero-order valence-electron chi connectivity index (χ0n) is 10.9. The number of benzene rings is 1. The van der Waals surface area contributed by atoms with Gasteiger partial charge in [0.1, 0.15) is 11.3 Å². The highest BCUT2D eigenvalue weighted by Gasteiger charge is 2.11. The summed E-state index contributed by atoms with van der Waals surface area (Å²) in [5.74, 6) is -1.50. The standard InChI is InChI=1S/C13H10F2N4O2/c1-19-11-10(12(20)18-13(19)21)16-9(17-11)5-6-2-3-7(14)8(15)4-6/h2-4H,5H2,1H3,(H,16,17)(H,18,20,21). The number of aryl methyl sites for hydroxylation is 1. The summed E-state index contributed by atoms with van der Waals surface area (Å²) in [6.07, 6.45) is 0.180. The second kappa shape index (κ2) is 4.65. The van der Waals surface area contributed by atoms with E-state index in [2.05, 4.69) is 15.0 Å². The van der Waals surface area contributed by atoms with Crippen molar-refractivity contribution in [2.75, 3.05) is 0 Å². The summed E-state index contributed by atoms with van der Waals surface area (Å²) in [5.41, 5.74) is -0.277. The molecule has 0 spiro atoms. The Balaban J connectivity index is 2.07. The number of nitrogens with zero attached hydrogens (tertiary/aromatic N) is 2. The van der Waals surface area contributed by atoms with Crippen molar-refractivity contribution < 1.29 is 8.78 Å². The molecule has 3 rings (SSSR count). The van der Waals surface area contributed by atoms with Crippen molar-refractivity contribution in [2.24, 2.45) is 7.05 Å². The highest BCUT2D eigenvalue weighted by atomic mass is 19.2. The van der Waals surface area contributed by atoms with Crippen LogP contribution in [-0.2, 0) is 13.5 Å². The van der Waals surface area contributed by atoms with Crippen molar-refractivity contribution in [3.63, 3.8) is 0 Å². The first kappa shape index (κ1) is 13.2. The Labute approximate surface area is 116 Å². The van der Waals surface area contributed by atoms with Crippen molar-refractivity contribution in [3.8, 4) is 0 Å². The summed E-state index contributed by atoms with van der Waals surface area (Å²) in [6, 6.07) is 3.51. The quantitative estimate of drug-likeness (QED) is 0.733. The van der Waals surface area contributed by atoms with Crippen LogP contribution < -0.4 is 11.2 Å². The Bertz CT molecular complexity index is 955. The number of imidazole rings is 1. The molecule has 108 valence electrons. The lowest BCUT2D eigenvalue weighted by atomic mass is 10.1. The molecule has 2 heterocycles. The Morgan fingerprint density at radius 3 is 2.67 bits per heavy atom. The van der Waals surface area contributed by atoms with Crippen molar-refractivity contribution in [2.45, 2.75) is 6.42 Å². The van der Waals surface area contributed by atoms with Gasteiger partial charge in [-0.2, -0.15) is 0 Å². The minimum atomic E-state index is -0.950. The molecular formula is C13H10F2N4O2. The van der Waals surface area contributed by atoms with Crippen molar-refractivity contribution >= 4 is 11.2 Å². The minimum Gasteiger partial charge on any atom is -0.336 e. The van der Waals surface area contributed by atoms with Gasteiger partial charge in [0.2, 0.25) is 0 Å². The summed E-state index contributed by atoms with van der Waals surface area (Å²) in [4.78, 5) is 32.2. The largest absolute Gasteiger partial charge is 0.336 e. The maximum Gasteiger partial charge on any atom is 0.329 e. The second-order valence-corrected chi connectivity index (χ2v) is 4.63. The van der Waals surface area contributed by atoms with Crippen LogP contribution in [0.5, 0.6) is 0 Å². The van der Waals surface area contributed by atoms with E-state index in [0.29, 0.717) is 11.4 Å². The van der Waals surface area contributed by atoms with Gasteiger partial charge >= 0.3 is 5.69 Å². The molecule has 0 aliphatic rings. The van der Waals surface area contributed by atoms with E-state index in [1.165, 1.54) is 17.7 Å². The lowest BCUT2D eigenvalue weighted by Gasteiger charge is -1.99. The van der Waals surface area contributed by atoms with Crippen LogP contribution in [0, 0.1) is 11.6 Å². The van der Waals surface area contributed by atoms with E-state index < -0.39 is 22.9 Å². The zero-order chi connectivity index (χ0) is 15.1. The van der Waals surface area contributed by atoms with E-state index in [9.17, 15) is 18.4 Å². The zero-order valence-corrected chi connectivity index (χ0v) is 10.9. The fraction of sp³-hybridized carbons (Fsp3) is 0.154. The molecule has 8 heteroatoms. The van der Waals surface area contributed by atoms with Gasteiger partial charge in [-0.15, -0.1) is 0 Å². The second-order valence-electron chi connectivity index (χ2n) is 4.63. The molecule has 0 aliphatic carbocycles. The highest BCUT2D eigenvalue weighted by Crippen LogP contribution is 2.13. The van der Waals surface area contributed by atoms with Crippen LogP contribution in [0.1, 0.15) is 11.4 Å². The molecule has 2 N–H and O–H groups in total. The molecule has 0 saturated carbocycles. The van der Waals surface area contributed by atoms with E-state index in [0.717, 1.165) is 12.1 Å². The predicted octanol–water partition coefficient (Wildman–Crippen LogP) is 0.819. The molecule has 1 aromatic carbocycles. The summed E-state index contributed by atoms with van der Waals surface area (Å²) in [7, 11) is 1.47. The molecular weight excluding hydrogens is 282 g/mol. The number of nitrogens with one attached hydrogen (secondary N) is 2. The van der Waals surface area contributed by atoms with E-state index in [1.807, 2.05) is 0 Å². The third-order valence-corrected chi connectivity index (χ3v) is 3.16. The van der Waals surface area contributed by atoms with E-state index in [1.54, 1.807) is 0 Å². The van der Waals surface area contributed by atoms with Crippen LogP contribution in [0.4, 0.5) is 8.78 Å². The summed E-state index contributed by atoms with van der Waals surface area (Å²) >= 11 is 0. The van der Waals surface area contributed by atoms with E-state index in [-0.39, 0.29) is 17.6 Å². The number of hydrogen-bond acceptors (Lipinski definition) is 3. The molecule has 0 aliphatic heterocycles. The first-order valence-electron chi connectivity index (χ1n) is 6.07. The molecule has 6 nitrogen and oxygen atoms in total. The van der Waals surface area contributed by atoms with Crippen LogP contribution in [0.25, 0.3) is 11.2 Å². The molecule has 0 fully saturated rings. The van der Waals surface area contributed by atoms with Gasteiger partial charge in [0.25, 0.3) is 5.56 Å². The van der Waals surface area contributed by atoms with Gasteiger partial charge < -0.3 is 4.98 Å². The van der Waals surface area contributed by atoms with Gasteiger partial charge in [-0.1, -0.05) is 6.07 Å². The van der Waals surface area contributed by atoms with Crippen LogP contribution >= 0.6 is 0 Å². The molecule has 0 saturated heterocycles. The van der Waals surface area contributed by atoms with Gasteiger partial charge in [-0.3, -0.25) is 14.3 Å². The predicted molar refractivity (Wildman–Crippen MR) is 71.1 cm³/mol. The average Bonchev–Trinajstić information content (AvgIpc) is 2.85. The third kappa shape index (κ3) is 2.24. The van der Waals surface area contributed by atoms with Crippen molar-refractivity contribution in [1.82, 2.24) is 19.5 Å². The van der Waals surface area contributed by atoms with E-state index in [4.69, 9.17) is 0 Å². The summed E-state index contributed by atoms with van der Waals surface area (Å²) < 4.78 is 27.2. The Morgan fingerprint density at radius 1 is 1.19 bits per heavy atom. The first-order valence-corrected chi connectivity index (χ1v) is 6.07. The SMILES string of the molecule is Cn1c(=O)[nH]c(=O)c2[nH]c(Cc3ccc(F)c(F)c3)nc21. The number of halogens is 2. The minimum absolute atomic E-state index is 0.162. The molecule has 0 bridgehead atoms. The Kier molecular flexibility index (Phi) is 2.93. The molecule has 0 unspecified atom stereocenters. The van der Waals surface area contributed by atoms with E-state index >= 15 is 0 Å². The van der Waals surface area contributed by atoms with Crippen molar-refractivity contribution in [3.05, 3.63) is 62.1 Å². The first-order chi connectivity index (χ1) is 9.95. The highest BCUT2D eigenvalue weighted by molar-refractivity contribution is 5.69. The molecule has 2 aromatic heterocycles. The van der Waals surface area contributed by atoms with Crippen LogP contribution in [0.3, 0.4) is 0 Å². The number of rotatable bonds is 2. The monoisotopic (exact) mass is 292 g/mol. The smallest absolute Gasteiger partial charge is 0.329 e. The van der Waals surface area contributed by atoms with Gasteiger partial charge in [-0.25, -0.2) is 18.6 Å². The Hall–Kier alpha value is -2.77. The van der Waals surface area contributed by atoms with Crippen LogP contribution in [0.15, 0.2) is 27.8 Å². The number of aromatic nitrogens is 4. The molecule has 21 heavy (non-hydrogen) atoms. The van der Waals surface area contributed by atoms with Gasteiger partial charge in [0.05, 0.1) is 0 Å². The fourth-order valence-electron chi connectivity index (χ4n) is 2.08. The topological polar surface area (TPSA) is 83.5 Å². The molecule has 0 amide bonds.